The highest BCUT2D eigenvalue weighted by molar-refractivity contribution is 9.09. The normalized spacial score (nSPS) is 30.3. The fourth-order valence-corrected chi connectivity index (χ4v) is 8.78. The average Bonchev–Trinajstić information content (AvgIpc) is 3.59. The standard InChI is InChI=1S/C33H44BrN3O5/c1-3-17-35(22-23-13-7-5-8-14-23)30(39)26-27-31(40)37(19-11-12-20-38)29(33(27)21-25(34)28(26)42-33)32(41)36(18-4-2)24-15-9-6-10-16-24/h3-5,7-8,13-14,24-29,38H,1-2,6,9-12,15-22H2/t25?,26-,27-,28-,29?,33?/m0/s1. The van der Waals surface area contributed by atoms with Crippen LogP contribution in [0.1, 0.15) is 56.9 Å². The molecule has 1 aliphatic carbocycles. The van der Waals surface area contributed by atoms with Crippen LogP contribution in [-0.2, 0) is 25.7 Å². The topological polar surface area (TPSA) is 90.4 Å². The van der Waals surface area contributed by atoms with Gasteiger partial charge >= 0.3 is 0 Å². The van der Waals surface area contributed by atoms with Gasteiger partial charge in [0.2, 0.25) is 17.7 Å². The summed E-state index contributed by atoms with van der Waals surface area (Å²) < 4.78 is 6.76. The summed E-state index contributed by atoms with van der Waals surface area (Å²) in [5.74, 6) is -1.90. The van der Waals surface area contributed by atoms with Crippen molar-refractivity contribution >= 4 is 33.7 Å². The highest BCUT2D eigenvalue weighted by Crippen LogP contribution is 2.60. The molecule has 0 radical (unpaired) electrons. The number of alkyl halides is 1. The Bertz CT molecular complexity index is 1160. The number of carbonyl (C=O) groups excluding carboxylic acids is 3. The number of likely N-dealkylation sites (tertiary alicyclic amines) is 1. The highest BCUT2D eigenvalue weighted by Gasteiger charge is 2.76. The van der Waals surface area contributed by atoms with Crippen LogP contribution in [0.15, 0.2) is 55.6 Å². The number of hydrogen-bond acceptors (Lipinski definition) is 5. The molecule has 8 nitrogen and oxygen atoms in total. The maximum absolute atomic E-state index is 14.6. The van der Waals surface area contributed by atoms with Crippen LogP contribution in [0.25, 0.3) is 0 Å². The highest BCUT2D eigenvalue weighted by atomic mass is 79.9. The average molecular weight is 643 g/mol. The van der Waals surface area contributed by atoms with Crippen molar-refractivity contribution in [3.8, 4) is 0 Å². The van der Waals surface area contributed by atoms with E-state index in [-0.39, 0.29) is 35.2 Å². The smallest absolute Gasteiger partial charge is 0.248 e. The molecular formula is C33H44BrN3O5. The van der Waals surface area contributed by atoms with Crippen LogP contribution < -0.4 is 0 Å². The lowest BCUT2D eigenvalue weighted by atomic mass is 9.70. The molecule has 228 valence electrons. The Labute approximate surface area is 257 Å². The van der Waals surface area contributed by atoms with E-state index >= 15 is 0 Å². The molecule has 2 bridgehead atoms. The first-order valence-corrected chi connectivity index (χ1v) is 16.4. The lowest BCUT2D eigenvalue weighted by Gasteiger charge is -2.41. The van der Waals surface area contributed by atoms with E-state index < -0.39 is 29.6 Å². The fraction of sp³-hybridized carbons (Fsp3) is 0.606. The molecule has 3 saturated heterocycles. The Balaban J connectivity index is 1.51. The molecular weight excluding hydrogens is 598 g/mol. The molecule has 3 amide bonds. The van der Waals surface area contributed by atoms with E-state index in [0.29, 0.717) is 45.4 Å². The molecule has 1 saturated carbocycles. The summed E-state index contributed by atoms with van der Waals surface area (Å²) in [6.45, 7) is 9.30. The van der Waals surface area contributed by atoms with Gasteiger partial charge in [0.25, 0.3) is 0 Å². The molecule has 1 aromatic rings. The van der Waals surface area contributed by atoms with E-state index in [4.69, 9.17) is 4.74 Å². The lowest BCUT2D eigenvalue weighted by molar-refractivity contribution is -0.150. The van der Waals surface area contributed by atoms with Crippen molar-refractivity contribution in [1.29, 1.82) is 0 Å². The van der Waals surface area contributed by atoms with Crippen LogP contribution >= 0.6 is 15.9 Å². The second-order valence-electron chi connectivity index (χ2n) is 12.2. The molecule has 9 heteroatoms. The molecule has 1 aromatic carbocycles. The van der Waals surface area contributed by atoms with Crippen molar-refractivity contribution in [2.24, 2.45) is 11.8 Å². The lowest BCUT2D eigenvalue weighted by Crippen LogP contribution is -2.58. The second-order valence-corrected chi connectivity index (χ2v) is 13.4. The number of amides is 3. The van der Waals surface area contributed by atoms with Gasteiger partial charge in [-0.25, -0.2) is 0 Å². The maximum atomic E-state index is 14.6. The van der Waals surface area contributed by atoms with Gasteiger partial charge in [0.1, 0.15) is 11.6 Å². The summed E-state index contributed by atoms with van der Waals surface area (Å²) in [5.41, 5.74) is -0.0985. The molecule has 0 aromatic heterocycles. The van der Waals surface area contributed by atoms with Gasteiger partial charge < -0.3 is 24.5 Å². The molecule has 1 spiro atoms. The minimum Gasteiger partial charge on any atom is -0.396 e. The second kappa shape index (κ2) is 13.4. The third-order valence-corrected chi connectivity index (χ3v) is 10.5. The first kappa shape index (κ1) is 31.0. The number of hydrogen-bond donors (Lipinski definition) is 1. The van der Waals surface area contributed by atoms with Crippen LogP contribution in [-0.4, -0.2) is 92.4 Å². The summed E-state index contributed by atoms with van der Waals surface area (Å²) in [7, 11) is 0. The van der Waals surface area contributed by atoms with Gasteiger partial charge in [-0.15, -0.1) is 13.2 Å². The predicted octanol–water partition coefficient (Wildman–Crippen LogP) is 4.07. The first-order chi connectivity index (χ1) is 20.4. The molecule has 5 rings (SSSR count). The van der Waals surface area contributed by atoms with Crippen molar-refractivity contribution < 1.29 is 24.2 Å². The predicted molar refractivity (Wildman–Crippen MR) is 165 cm³/mol. The number of rotatable bonds is 13. The minimum absolute atomic E-state index is 0.0129. The van der Waals surface area contributed by atoms with Crippen molar-refractivity contribution in [1.82, 2.24) is 14.7 Å². The van der Waals surface area contributed by atoms with Gasteiger partial charge in [-0.05, 0) is 37.7 Å². The number of unbranched alkanes of at least 4 members (excludes halogenated alkanes) is 1. The molecule has 3 heterocycles. The van der Waals surface area contributed by atoms with Crippen LogP contribution in [0.4, 0.5) is 0 Å². The summed E-state index contributed by atoms with van der Waals surface area (Å²) in [4.78, 5) is 48.6. The SMILES string of the molecule is C=CCN(Cc1ccccc1)C(=O)[C@H]1[C@H]2C(=O)N(CCCCO)C(C(=O)N(CC=C)C3CCCCC3)C23CC(Br)[C@@H]1O3. The number of aliphatic hydroxyl groups excluding tert-OH is 1. The number of halogens is 1. The molecule has 6 atom stereocenters. The van der Waals surface area contributed by atoms with Gasteiger partial charge in [-0.1, -0.05) is 77.7 Å². The minimum atomic E-state index is -1.09. The maximum Gasteiger partial charge on any atom is 0.248 e. The number of benzene rings is 1. The quantitative estimate of drug-likeness (QED) is 0.199. The summed E-state index contributed by atoms with van der Waals surface area (Å²) in [6.07, 6.45) is 9.71. The monoisotopic (exact) mass is 641 g/mol. The fourth-order valence-electron chi connectivity index (χ4n) is 7.84. The van der Waals surface area contributed by atoms with Crippen LogP contribution in [0.3, 0.4) is 0 Å². The largest absolute Gasteiger partial charge is 0.396 e. The first-order valence-electron chi connectivity index (χ1n) is 15.5. The van der Waals surface area contributed by atoms with Gasteiger partial charge in [0.05, 0.1) is 17.9 Å². The van der Waals surface area contributed by atoms with E-state index in [1.54, 1.807) is 22.0 Å². The number of fused-ring (bicyclic) bond motifs is 1. The number of aliphatic hydroxyl groups is 1. The van der Waals surface area contributed by atoms with E-state index in [1.165, 1.54) is 0 Å². The third kappa shape index (κ3) is 5.60. The Hall–Kier alpha value is -2.49. The summed E-state index contributed by atoms with van der Waals surface area (Å²) >= 11 is 3.80. The Morgan fingerprint density at radius 1 is 1.07 bits per heavy atom. The van der Waals surface area contributed by atoms with Crippen LogP contribution in [0.5, 0.6) is 0 Å². The van der Waals surface area contributed by atoms with Crippen LogP contribution in [0.2, 0.25) is 0 Å². The molecule has 3 aliphatic heterocycles. The van der Waals surface area contributed by atoms with Gasteiger partial charge in [0, 0.05) is 43.7 Å². The van der Waals surface area contributed by atoms with Gasteiger partial charge in [-0.3, -0.25) is 14.4 Å². The zero-order chi connectivity index (χ0) is 29.9. The summed E-state index contributed by atoms with van der Waals surface area (Å²) in [6, 6.07) is 9.06. The number of carbonyl (C=O) groups is 3. The third-order valence-electron chi connectivity index (χ3n) is 9.62. The van der Waals surface area contributed by atoms with Gasteiger partial charge in [-0.2, -0.15) is 0 Å². The van der Waals surface area contributed by atoms with E-state index in [0.717, 1.165) is 37.7 Å². The Morgan fingerprint density at radius 3 is 2.45 bits per heavy atom. The Kier molecular flexibility index (Phi) is 9.90. The zero-order valence-corrected chi connectivity index (χ0v) is 26.0. The van der Waals surface area contributed by atoms with Crippen molar-refractivity contribution in [3.63, 3.8) is 0 Å². The van der Waals surface area contributed by atoms with Crippen molar-refractivity contribution in [3.05, 3.63) is 61.2 Å². The molecule has 4 aliphatic rings. The Morgan fingerprint density at radius 2 is 1.79 bits per heavy atom. The number of ether oxygens (including phenoxy) is 1. The molecule has 42 heavy (non-hydrogen) atoms. The van der Waals surface area contributed by atoms with Crippen molar-refractivity contribution in [2.45, 2.75) is 86.5 Å². The molecule has 3 unspecified atom stereocenters. The van der Waals surface area contributed by atoms with Crippen LogP contribution in [0, 0.1) is 11.8 Å². The molecule has 1 N–H and O–H groups in total. The summed E-state index contributed by atoms with van der Waals surface area (Å²) in [5, 5.41) is 9.48. The zero-order valence-electron chi connectivity index (χ0n) is 24.4. The molecule has 4 fully saturated rings. The van der Waals surface area contributed by atoms with Gasteiger partial charge in [0.15, 0.2) is 0 Å². The number of nitrogens with zero attached hydrogens (tertiary/aromatic N) is 3. The van der Waals surface area contributed by atoms with Crippen molar-refractivity contribution in [2.75, 3.05) is 26.2 Å². The van der Waals surface area contributed by atoms with E-state index in [2.05, 4.69) is 29.1 Å². The van der Waals surface area contributed by atoms with E-state index in [9.17, 15) is 19.5 Å². The van der Waals surface area contributed by atoms with E-state index in [1.807, 2.05) is 35.2 Å².